The molecule has 0 unspecified atom stereocenters. The predicted molar refractivity (Wildman–Crippen MR) is 48.6 cm³/mol. The van der Waals surface area contributed by atoms with Crippen LogP contribution in [0.5, 0.6) is 0 Å². The van der Waals surface area contributed by atoms with Gasteiger partial charge in [-0.25, -0.2) is 4.98 Å². The lowest BCUT2D eigenvalue weighted by Crippen LogP contribution is -2.20. The second-order valence-corrected chi connectivity index (χ2v) is 2.90. The molecule has 0 fully saturated rings. The molecule has 2 aromatic heterocycles. The van der Waals surface area contributed by atoms with Crippen LogP contribution in [0.25, 0.3) is 0 Å². The van der Waals surface area contributed by atoms with Crippen LogP contribution >= 0.6 is 0 Å². The molecule has 0 aliphatic rings. The van der Waals surface area contributed by atoms with E-state index in [0.717, 1.165) is 5.82 Å². The summed E-state index contributed by atoms with van der Waals surface area (Å²) >= 11 is 0. The Hall–Kier alpha value is -1.98. The lowest BCUT2D eigenvalue weighted by atomic mass is 10.5. The first-order chi connectivity index (χ1) is 6.77. The third kappa shape index (κ3) is 1.54. The van der Waals surface area contributed by atoms with E-state index in [9.17, 15) is 4.79 Å². The molecule has 0 radical (unpaired) electrons. The van der Waals surface area contributed by atoms with Crippen molar-refractivity contribution >= 4 is 0 Å². The van der Waals surface area contributed by atoms with E-state index >= 15 is 0 Å². The molecule has 14 heavy (non-hydrogen) atoms. The number of aromatic nitrogens is 5. The fourth-order valence-electron chi connectivity index (χ4n) is 1.10. The number of rotatable bonds is 2. The van der Waals surface area contributed by atoms with E-state index in [4.69, 9.17) is 0 Å². The Morgan fingerprint density at radius 1 is 1.43 bits per heavy atom. The molecule has 2 heterocycles. The maximum atomic E-state index is 11.3. The van der Waals surface area contributed by atoms with Crippen LogP contribution in [0.3, 0.4) is 0 Å². The van der Waals surface area contributed by atoms with Crippen molar-refractivity contribution < 1.29 is 0 Å². The topological polar surface area (TPSA) is 65.6 Å². The lowest BCUT2D eigenvalue weighted by Gasteiger charge is -2.02. The standard InChI is InChI=1S/C8H9N5O/c1-12-6-10-11-7(12)4-13-5-9-3-2-8(13)14/h2-3,5-6H,4H2,1H3. The van der Waals surface area contributed by atoms with Gasteiger partial charge in [0.1, 0.15) is 6.33 Å². The Balaban J connectivity index is 2.32. The molecule has 0 bridgehead atoms. The molecule has 6 nitrogen and oxygen atoms in total. The summed E-state index contributed by atoms with van der Waals surface area (Å²) in [6.45, 7) is 0.392. The summed E-state index contributed by atoms with van der Waals surface area (Å²) in [6, 6.07) is 1.41. The van der Waals surface area contributed by atoms with Crippen molar-refractivity contribution in [3.8, 4) is 0 Å². The molecule has 0 amide bonds. The number of nitrogens with zero attached hydrogens (tertiary/aromatic N) is 5. The minimum Gasteiger partial charge on any atom is -0.319 e. The van der Waals surface area contributed by atoms with E-state index in [2.05, 4.69) is 15.2 Å². The van der Waals surface area contributed by atoms with Crippen LogP contribution < -0.4 is 5.56 Å². The van der Waals surface area contributed by atoms with Gasteiger partial charge in [0, 0.05) is 19.3 Å². The van der Waals surface area contributed by atoms with Crippen molar-refractivity contribution in [2.75, 3.05) is 0 Å². The fourth-order valence-corrected chi connectivity index (χ4v) is 1.10. The van der Waals surface area contributed by atoms with Crippen molar-refractivity contribution in [2.24, 2.45) is 7.05 Å². The molecule has 0 saturated heterocycles. The average Bonchev–Trinajstić information content (AvgIpc) is 2.56. The van der Waals surface area contributed by atoms with Gasteiger partial charge in [0.15, 0.2) is 5.82 Å². The second kappa shape index (κ2) is 3.41. The van der Waals surface area contributed by atoms with Crippen molar-refractivity contribution in [3.05, 3.63) is 41.1 Å². The summed E-state index contributed by atoms with van der Waals surface area (Å²) in [5, 5.41) is 7.60. The van der Waals surface area contributed by atoms with Crippen LogP contribution in [-0.4, -0.2) is 24.3 Å². The van der Waals surface area contributed by atoms with E-state index in [0.29, 0.717) is 6.54 Å². The SMILES string of the molecule is Cn1cnnc1Cn1cnccc1=O. The Labute approximate surface area is 79.9 Å². The smallest absolute Gasteiger partial charge is 0.253 e. The minimum atomic E-state index is -0.0944. The highest BCUT2D eigenvalue weighted by Gasteiger charge is 2.02. The van der Waals surface area contributed by atoms with Gasteiger partial charge < -0.3 is 4.57 Å². The molecule has 72 valence electrons. The molecule has 0 saturated carbocycles. The zero-order valence-corrected chi connectivity index (χ0v) is 7.66. The Morgan fingerprint density at radius 3 is 2.93 bits per heavy atom. The van der Waals surface area contributed by atoms with Gasteiger partial charge in [-0.15, -0.1) is 10.2 Å². The highest BCUT2D eigenvalue weighted by Crippen LogP contribution is 1.92. The summed E-state index contributed by atoms with van der Waals surface area (Å²) in [6.07, 6.45) is 4.54. The van der Waals surface area contributed by atoms with Crippen molar-refractivity contribution in [1.82, 2.24) is 24.3 Å². The Bertz CT molecular complexity index is 486. The van der Waals surface area contributed by atoms with Crippen molar-refractivity contribution in [2.45, 2.75) is 6.54 Å². The van der Waals surface area contributed by atoms with Gasteiger partial charge in [-0.1, -0.05) is 0 Å². The second-order valence-electron chi connectivity index (χ2n) is 2.90. The molecule has 0 N–H and O–H groups in total. The van der Waals surface area contributed by atoms with Gasteiger partial charge in [0.05, 0.1) is 12.9 Å². The summed E-state index contributed by atoms with van der Waals surface area (Å²) in [4.78, 5) is 15.2. The molecular formula is C8H9N5O. The maximum absolute atomic E-state index is 11.3. The van der Waals surface area contributed by atoms with E-state index in [1.165, 1.54) is 23.2 Å². The van der Waals surface area contributed by atoms with E-state index < -0.39 is 0 Å². The monoisotopic (exact) mass is 191 g/mol. The highest BCUT2D eigenvalue weighted by molar-refractivity contribution is 4.89. The average molecular weight is 191 g/mol. The Kier molecular flexibility index (Phi) is 2.10. The first kappa shape index (κ1) is 8.61. The third-order valence-corrected chi connectivity index (χ3v) is 1.91. The summed E-state index contributed by atoms with van der Waals surface area (Å²) in [5.41, 5.74) is -0.0944. The zero-order chi connectivity index (χ0) is 9.97. The first-order valence-electron chi connectivity index (χ1n) is 4.10. The van der Waals surface area contributed by atoms with Crippen LogP contribution in [-0.2, 0) is 13.6 Å². The van der Waals surface area contributed by atoms with Crippen LogP contribution in [0.2, 0.25) is 0 Å². The minimum absolute atomic E-state index is 0.0944. The lowest BCUT2D eigenvalue weighted by molar-refractivity contribution is 0.664. The maximum Gasteiger partial charge on any atom is 0.253 e. The van der Waals surface area contributed by atoms with E-state index in [1.807, 2.05) is 7.05 Å². The highest BCUT2D eigenvalue weighted by atomic mass is 16.1. The van der Waals surface area contributed by atoms with Gasteiger partial charge >= 0.3 is 0 Å². The molecule has 0 aliphatic carbocycles. The Morgan fingerprint density at radius 2 is 2.29 bits per heavy atom. The summed E-state index contributed by atoms with van der Waals surface area (Å²) < 4.78 is 3.24. The molecule has 2 rings (SSSR count). The van der Waals surface area contributed by atoms with Gasteiger partial charge in [-0.05, 0) is 0 Å². The van der Waals surface area contributed by atoms with E-state index in [1.54, 1.807) is 10.9 Å². The van der Waals surface area contributed by atoms with Gasteiger partial charge in [0.25, 0.3) is 5.56 Å². The molecule has 0 atom stereocenters. The van der Waals surface area contributed by atoms with Crippen LogP contribution in [0.1, 0.15) is 5.82 Å². The number of aryl methyl sites for hydroxylation is 1. The summed E-state index contributed by atoms with van der Waals surface area (Å²) in [7, 11) is 1.83. The molecular weight excluding hydrogens is 182 g/mol. The van der Waals surface area contributed by atoms with Gasteiger partial charge in [0.2, 0.25) is 0 Å². The molecule has 0 spiro atoms. The summed E-state index contributed by atoms with van der Waals surface area (Å²) in [5.74, 6) is 0.722. The molecule has 0 aliphatic heterocycles. The molecule has 0 aromatic carbocycles. The van der Waals surface area contributed by atoms with Crippen molar-refractivity contribution in [3.63, 3.8) is 0 Å². The van der Waals surface area contributed by atoms with Gasteiger partial charge in [-0.3, -0.25) is 9.36 Å². The predicted octanol–water partition coefficient (Wildman–Crippen LogP) is -0.580. The zero-order valence-electron chi connectivity index (χ0n) is 7.66. The van der Waals surface area contributed by atoms with Crippen LogP contribution in [0.4, 0.5) is 0 Å². The quantitative estimate of drug-likeness (QED) is 0.637. The number of hydrogen-bond acceptors (Lipinski definition) is 4. The first-order valence-corrected chi connectivity index (χ1v) is 4.10. The van der Waals surface area contributed by atoms with Crippen LogP contribution in [0, 0.1) is 0 Å². The number of hydrogen-bond donors (Lipinski definition) is 0. The largest absolute Gasteiger partial charge is 0.319 e. The van der Waals surface area contributed by atoms with E-state index in [-0.39, 0.29) is 5.56 Å². The van der Waals surface area contributed by atoms with Gasteiger partial charge in [-0.2, -0.15) is 0 Å². The third-order valence-electron chi connectivity index (χ3n) is 1.91. The van der Waals surface area contributed by atoms with Crippen molar-refractivity contribution in [1.29, 1.82) is 0 Å². The molecule has 2 aromatic rings. The van der Waals surface area contributed by atoms with Crippen LogP contribution in [0.15, 0.2) is 29.7 Å². The fraction of sp³-hybridized carbons (Fsp3) is 0.250. The normalized spacial score (nSPS) is 10.4. The molecule has 6 heteroatoms.